The van der Waals surface area contributed by atoms with Gasteiger partial charge in [-0.3, -0.25) is 0 Å². The van der Waals surface area contributed by atoms with E-state index in [1.54, 1.807) is 0 Å². The summed E-state index contributed by atoms with van der Waals surface area (Å²) in [4.78, 5) is 0. The van der Waals surface area contributed by atoms with Gasteiger partial charge in [0.15, 0.2) is 0 Å². The van der Waals surface area contributed by atoms with E-state index in [4.69, 9.17) is 0 Å². The number of hydrogen-bond donors (Lipinski definition) is 2. The Labute approximate surface area is 56.3 Å². The summed E-state index contributed by atoms with van der Waals surface area (Å²) in [6.07, 6.45) is 5.32. The van der Waals surface area contributed by atoms with E-state index in [9.17, 15) is 0 Å². The maximum absolute atomic E-state index is 3.13. The van der Waals surface area contributed by atoms with Crippen molar-refractivity contribution in [2.45, 2.75) is 26.3 Å². The zero-order chi connectivity index (χ0) is 6.69. The summed E-state index contributed by atoms with van der Waals surface area (Å²) >= 11 is 0. The third-order valence-electron chi connectivity index (χ3n) is 1.41. The third-order valence-corrected chi connectivity index (χ3v) is 1.41. The van der Waals surface area contributed by atoms with E-state index in [1.807, 2.05) is 6.20 Å². The Balaban J connectivity index is 2.20. The van der Waals surface area contributed by atoms with Crippen molar-refractivity contribution in [3.8, 4) is 0 Å². The molecule has 0 saturated carbocycles. The van der Waals surface area contributed by atoms with Crippen molar-refractivity contribution >= 4 is 0 Å². The molecular formula is C7H14N2. The summed E-state index contributed by atoms with van der Waals surface area (Å²) in [6.45, 7) is 4.46. The van der Waals surface area contributed by atoms with E-state index in [0.29, 0.717) is 6.04 Å². The first-order valence-corrected chi connectivity index (χ1v) is 3.47. The lowest BCUT2D eigenvalue weighted by Gasteiger charge is -2.10. The molecule has 1 aliphatic rings. The molecule has 1 rings (SSSR count). The molecule has 2 heteroatoms. The Morgan fingerprint density at radius 1 is 1.56 bits per heavy atom. The third kappa shape index (κ3) is 2.06. The lowest BCUT2D eigenvalue weighted by Crippen LogP contribution is -2.31. The molecule has 0 aromatic heterocycles. The number of nitrogens with one attached hydrogen (secondary N) is 2. The molecule has 0 aromatic rings. The summed E-state index contributed by atoms with van der Waals surface area (Å²) in [5.74, 6) is 0.770. The molecule has 0 amide bonds. The predicted molar refractivity (Wildman–Crippen MR) is 38.7 cm³/mol. The van der Waals surface area contributed by atoms with E-state index in [-0.39, 0.29) is 0 Å². The first-order valence-electron chi connectivity index (χ1n) is 3.47. The lowest BCUT2D eigenvalue weighted by molar-refractivity contribution is 0.472. The first-order chi connectivity index (χ1) is 4.29. The standard InChI is InChI=1S/C7H14N2/c1-6(2)5-7-3-4-8-9-7/h3-4,6-9H,5H2,1-2H3. The van der Waals surface area contributed by atoms with Crippen LogP contribution in [0.1, 0.15) is 20.3 Å². The highest BCUT2D eigenvalue weighted by Gasteiger charge is 2.08. The molecule has 0 aliphatic carbocycles. The van der Waals surface area contributed by atoms with Crippen LogP contribution in [-0.4, -0.2) is 6.04 Å². The lowest BCUT2D eigenvalue weighted by atomic mass is 10.1. The average Bonchev–Trinajstić information content (AvgIpc) is 2.15. The van der Waals surface area contributed by atoms with Crippen molar-refractivity contribution in [3.63, 3.8) is 0 Å². The maximum atomic E-state index is 3.13. The Bertz CT molecular complexity index is 107. The maximum Gasteiger partial charge on any atom is 0.0460 e. The van der Waals surface area contributed by atoms with Gasteiger partial charge in [0.1, 0.15) is 0 Å². The van der Waals surface area contributed by atoms with Crippen molar-refractivity contribution in [2.75, 3.05) is 0 Å². The van der Waals surface area contributed by atoms with Gasteiger partial charge in [-0.2, -0.15) is 0 Å². The Morgan fingerprint density at radius 3 is 2.78 bits per heavy atom. The van der Waals surface area contributed by atoms with E-state index in [0.717, 1.165) is 5.92 Å². The van der Waals surface area contributed by atoms with Crippen LogP contribution in [0.4, 0.5) is 0 Å². The second kappa shape index (κ2) is 2.87. The van der Waals surface area contributed by atoms with Crippen LogP contribution in [0.5, 0.6) is 0 Å². The van der Waals surface area contributed by atoms with Gasteiger partial charge in [-0.15, -0.1) is 0 Å². The van der Waals surface area contributed by atoms with Crippen LogP contribution >= 0.6 is 0 Å². The molecule has 0 saturated heterocycles. The normalized spacial score (nSPS) is 25.0. The molecule has 0 aromatic carbocycles. The smallest absolute Gasteiger partial charge is 0.0460 e. The van der Waals surface area contributed by atoms with Crippen molar-refractivity contribution in [1.29, 1.82) is 0 Å². The zero-order valence-corrected chi connectivity index (χ0v) is 6.02. The van der Waals surface area contributed by atoms with E-state index < -0.39 is 0 Å². The highest BCUT2D eigenvalue weighted by molar-refractivity contribution is 4.96. The van der Waals surface area contributed by atoms with Gasteiger partial charge in [0.25, 0.3) is 0 Å². The zero-order valence-electron chi connectivity index (χ0n) is 6.02. The summed E-state index contributed by atoms with van der Waals surface area (Å²) < 4.78 is 0. The Morgan fingerprint density at radius 2 is 2.33 bits per heavy atom. The van der Waals surface area contributed by atoms with Crippen LogP contribution in [0, 0.1) is 5.92 Å². The fourth-order valence-electron chi connectivity index (χ4n) is 1.01. The molecule has 2 N–H and O–H groups in total. The van der Waals surface area contributed by atoms with Crippen LogP contribution in [-0.2, 0) is 0 Å². The van der Waals surface area contributed by atoms with Crippen LogP contribution < -0.4 is 10.9 Å². The SMILES string of the molecule is CC(C)CC1C=CNN1. The van der Waals surface area contributed by atoms with Gasteiger partial charge in [0.05, 0.1) is 0 Å². The molecule has 2 nitrogen and oxygen atoms in total. The van der Waals surface area contributed by atoms with Gasteiger partial charge in [-0.25, -0.2) is 5.43 Å². The molecule has 0 bridgehead atoms. The van der Waals surface area contributed by atoms with Crippen LogP contribution in [0.2, 0.25) is 0 Å². The molecule has 1 atom stereocenters. The molecule has 0 radical (unpaired) electrons. The summed E-state index contributed by atoms with van der Waals surface area (Å²) in [5, 5.41) is 0. The van der Waals surface area contributed by atoms with Crippen molar-refractivity contribution in [1.82, 2.24) is 10.9 Å². The van der Waals surface area contributed by atoms with Gasteiger partial charge in [0.2, 0.25) is 0 Å². The largest absolute Gasteiger partial charge is 0.328 e. The summed E-state index contributed by atoms with van der Waals surface area (Å²) in [6, 6.07) is 0.546. The topological polar surface area (TPSA) is 24.1 Å². The molecule has 0 fully saturated rings. The minimum atomic E-state index is 0.546. The minimum Gasteiger partial charge on any atom is -0.328 e. The van der Waals surface area contributed by atoms with Gasteiger partial charge < -0.3 is 5.43 Å². The monoisotopic (exact) mass is 126 g/mol. The highest BCUT2D eigenvalue weighted by atomic mass is 15.4. The van der Waals surface area contributed by atoms with E-state index in [2.05, 4.69) is 30.8 Å². The van der Waals surface area contributed by atoms with Crippen molar-refractivity contribution < 1.29 is 0 Å². The quantitative estimate of drug-likeness (QED) is 0.577. The molecule has 1 heterocycles. The molecule has 1 aliphatic heterocycles. The second-order valence-electron chi connectivity index (χ2n) is 2.88. The molecule has 0 spiro atoms. The molecule has 1 unspecified atom stereocenters. The number of hydrazine groups is 1. The van der Waals surface area contributed by atoms with Gasteiger partial charge in [-0.05, 0) is 18.4 Å². The predicted octanol–water partition coefficient (Wildman–Crippen LogP) is 1.02. The second-order valence-corrected chi connectivity index (χ2v) is 2.88. The van der Waals surface area contributed by atoms with Crippen LogP contribution in [0.3, 0.4) is 0 Å². The summed E-state index contributed by atoms with van der Waals surface area (Å²) in [7, 11) is 0. The van der Waals surface area contributed by atoms with Crippen molar-refractivity contribution in [2.24, 2.45) is 5.92 Å². The van der Waals surface area contributed by atoms with Crippen LogP contribution in [0.25, 0.3) is 0 Å². The van der Waals surface area contributed by atoms with Crippen molar-refractivity contribution in [3.05, 3.63) is 12.3 Å². The van der Waals surface area contributed by atoms with Gasteiger partial charge in [-0.1, -0.05) is 13.8 Å². The summed E-state index contributed by atoms with van der Waals surface area (Å²) in [5.41, 5.74) is 6.07. The molecule has 9 heavy (non-hydrogen) atoms. The molecule has 52 valence electrons. The highest BCUT2D eigenvalue weighted by Crippen LogP contribution is 2.06. The Hall–Kier alpha value is -0.500. The van der Waals surface area contributed by atoms with Gasteiger partial charge in [0, 0.05) is 12.2 Å². The Kier molecular flexibility index (Phi) is 2.11. The average molecular weight is 126 g/mol. The fourth-order valence-corrected chi connectivity index (χ4v) is 1.01. The van der Waals surface area contributed by atoms with Gasteiger partial charge >= 0.3 is 0 Å². The number of rotatable bonds is 2. The van der Waals surface area contributed by atoms with E-state index in [1.165, 1.54) is 6.42 Å². The van der Waals surface area contributed by atoms with Crippen LogP contribution in [0.15, 0.2) is 12.3 Å². The van der Waals surface area contributed by atoms with E-state index >= 15 is 0 Å². The molecular weight excluding hydrogens is 112 g/mol. The minimum absolute atomic E-state index is 0.546. The number of hydrogen-bond acceptors (Lipinski definition) is 2. The first kappa shape index (κ1) is 6.62. The fraction of sp³-hybridized carbons (Fsp3) is 0.714.